The van der Waals surface area contributed by atoms with Crippen LogP contribution in [0.3, 0.4) is 0 Å². The van der Waals surface area contributed by atoms with E-state index in [1.807, 2.05) is 0 Å². The Kier molecular flexibility index (Phi) is 2.79. The Labute approximate surface area is 74.3 Å². The van der Waals surface area contributed by atoms with Crippen molar-refractivity contribution in [3.05, 3.63) is 23.6 Å². The Hall–Kier alpha value is -1.65. The van der Waals surface area contributed by atoms with Crippen molar-refractivity contribution in [3.8, 4) is 5.88 Å². The van der Waals surface area contributed by atoms with E-state index in [1.54, 1.807) is 0 Å². The number of esters is 1. The second-order valence-electron chi connectivity index (χ2n) is 2.18. The molecule has 0 saturated heterocycles. The molecule has 0 unspecified atom stereocenters. The molecular weight excluding hydrogens is 177 g/mol. The van der Waals surface area contributed by atoms with Crippen LogP contribution in [0.1, 0.15) is 10.4 Å². The number of aromatic nitrogens is 1. The summed E-state index contributed by atoms with van der Waals surface area (Å²) in [7, 11) is 2.53. The summed E-state index contributed by atoms with van der Waals surface area (Å²) in [6.07, 6.45) is 0. The van der Waals surface area contributed by atoms with Crippen molar-refractivity contribution in [2.75, 3.05) is 14.2 Å². The van der Waals surface area contributed by atoms with Gasteiger partial charge in [-0.15, -0.1) is 0 Å². The fourth-order valence-corrected chi connectivity index (χ4v) is 0.794. The molecular formula is C8H8FNO3. The zero-order valence-corrected chi connectivity index (χ0v) is 7.20. The largest absolute Gasteiger partial charge is 0.481 e. The van der Waals surface area contributed by atoms with Crippen LogP contribution >= 0.6 is 0 Å². The molecule has 1 aromatic heterocycles. The fourth-order valence-electron chi connectivity index (χ4n) is 0.794. The van der Waals surface area contributed by atoms with Crippen LogP contribution in [-0.2, 0) is 4.74 Å². The number of carbonyl (C=O) groups excluding carboxylic acids is 1. The molecule has 70 valence electrons. The first-order chi connectivity index (χ1) is 6.19. The molecule has 0 amide bonds. The first kappa shape index (κ1) is 9.44. The van der Waals surface area contributed by atoms with Gasteiger partial charge in [0.2, 0.25) is 11.8 Å². The average Bonchev–Trinajstić information content (AvgIpc) is 2.16. The lowest BCUT2D eigenvalue weighted by molar-refractivity contribution is 0.0594. The van der Waals surface area contributed by atoms with Crippen molar-refractivity contribution in [2.45, 2.75) is 0 Å². The van der Waals surface area contributed by atoms with Gasteiger partial charge in [0.25, 0.3) is 0 Å². The second kappa shape index (κ2) is 3.84. The molecule has 0 aliphatic heterocycles. The molecule has 0 N–H and O–H groups in total. The number of hydrogen-bond acceptors (Lipinski definition) is 4. The van der Waals surface area contributed by atoms with Gasteiger partial charge in [0, 0.05) is 6.07 Å². The fraction of sp³-hybridized carbons (Fsp3) is 0.250. The Morgan fingerprint density at radius 2 is 2.15 bits per heavy atom. The Balaban J connectivity index is 3.05. The van der Waals surface area contributed by atoms with E-state index >= 15 is 0 Å². The number of ether oxygens (including phenoxy) is 2. The van der Waals surface area contributed by atoms with E-state index in [2.05, 4.69) is 14.5 Å². The highest BCUT2D eigenvalue weighted by Crippen LogP contribution is 2.11. The first-order valence-corrected chi connectivity index (χ1v) is 3.48. The summed E-state index contributed by atoms with van der Waals surface area (Å²) >= 11 is 0. The molecule has 0 aromatic carbocycles. The zero-order chi connectivity index (χ0) is 9.84. The van der Waals surface area contributed by atoms with Crippen LogP contribution in [0.5, 0.6) is 5.88 Å². The lowest BCUT2D eigenvalue weighted by Crippen LogP contribution is -2.06. The van der Waals surface area contributed by atoms with Crippen molar-refractivity contribution in [1.82, 2.24) is 4.98 Å². The quantitative estimate of drug-likeness (QED) is 0.509. The highest BCUT2D eigenvalue weighted by molar-refractivity contribution is 5.89. The van der Waals surface area contributed by atoms with E-state index in [9.17, 15) is 9.18 Å². The van der Waals surface area contributed by atoms with Gasteiger partial charge in [0.15, 0.2) is 0 Å². The van der Waals surface area contributed by atoms with Gasteiger partial charge in [0.05, 0.1) is 14.2 Å². The van der Waals surface area contributed by atoms with Crippen molar-refractivity contribution in [1.29, 1.82) is 0 Å². The molecule has 0 saturated carbocycles. The average molecular weight is 185 g/mol. The molecule has 0 fully saturated rings. The minimum Gasteiger partial charge on any atom is -0.481 e. The molecule has 0 spiro atoms. The van der Waals surface area contributed by atoms with Gasteiger partial charge in [-0.25, -0.2) is 4.79 Å². The van der Waals surface area contributed by atoms with Crippen LogP contribution in [0.15, 0.2) is 12.1 Å². The van der Waals surface area contributed by atoms with Crippen molar-refractivity contribution in [2.24, 2.45) is 0 Å². The molecule has 0 aliphatic carbocycles. The molecule has 5 heteroatoms. The van der Waals surface area contributed by atoms with Crippen LogP contribution in [0, 0.1) is 5.95 Å². The summed E-state index contributed by atoms with van der Waals surface area (Å²) in [6.45, 7) is 0. The predicted octanol–water partition coefficient (Wildman–Crippen LogP) is 1.02. The molecule has 1 heterocycles. The van der Waals surface area contributed by atoms with Crippen LogP contribution in [0.25, 0.3) is 0 Å². The standard InChI is InChI=1S/C8H8FNO3/c1-12-6-4-3-5(7(9)10-6)8(11)13-2/h3-4H,1-2H3. The molecule has 1 aromatic rings. The summed E-state index contributed by atoms with van der Waals surface area (Å²) in [5.74, 6) is -1.54. The number of methoxy groups -OCH3 is 2. The molecule has 1 rings (SSSR count). The summed E-state index contributed by atoms with van der Waals surface area (Å²) in [6, 6.07) is 2.64. The monoisotopic (exact) mass is 185 g/mol. The molecule has 4 nitrogen and oxygen atoms in total. The minimum atomic E-state index is -0.897. The van der Waals surface area contributed by atoms with Gasteiger partial charge >= 0.3 is 5.97 Å². The third kappa shape index (κ3) is 1.93. The van der Waals surface area contributed by atoms with Crippen molar-refractivity contribution < 1.29 is 18.7 Å². The maximum Gasteiger partial charge on any atom is 0.342 e. The number of halogens is 1. The number of rotatable bonds is 2. The molecule has 13 heavy (non-hydrogen) atoms. The van der Waals surface area contributed by atoms with Gasteiger partial charge in [0.1, 0.15) is 5.56 Å². The Bertz CT molecular complexity index is 327. The molecule has 0 radical (unpaired) electrons. The number of hydrogen-bond donors (Lipinski definition) is 0. The third-order valence-electron chi connectivity index (χ3n) is 1.44. The summed E-state index contributed by atoms with van der Waals surface area (Å²) < 4.78 is 22.0. The predicted molar refractivity (Wildman–Crippen MR) is 42.1 cm³/mol. The van der Waals surface area contributed by atoms with E-state index in [0.717, 1.165) is 0 Å². The maximum atomic E-state index is 13.0. The molecule has 0 atom stereocenters. The van der Waals surface area contributed by atoms with Crippen LogP contribution in [0.2, 0.25) is 0 Å². The lowest BCUT2D eigenvalue weighted by atomic mass is 10.3. The van der Waals surface area contributed by atoms with Gasteiger partial charge in [-0.05, 0) is 6.07 Å². The number of pyridine rings is 1. The highest BCUT2D eigenvalue weighted by atomic mass is 19.1. The third-order valence-corrected chi connectivity index (χ3v) is 1.44. The van der Waals surface area contributed by atoms with Crippen molar-refractivity contribution in [3.63, 3.8) is 0 Å². The highest BCUT2D eigenvalue weighted by Gasteiger charge is 2.13. The lowest BCUT2D eigenvalue weighted by Gasteiger charge is -2.01. The van der Waals surface area contributed by atoms with Gasteiger partial charge in [-0.1, -0.05) is 0 Å². The zero-order valence-electron chi connectivity index (χ0n) is 7.20. The van der Waals surface area contributed by atoms with E-state index in [4.69, 9.17) is 0 Å². The number of carbonyl (C=O) groups is 1. The van der Waals surface area contributed by atoms with E-state index in [0.29, 0.717) is 0 Å². The van der Waals surface area contributed by atoms with Crippen LogP contribution in [-0.4, -0.2) is 25.2 Å². The van der Waals surface area contributed by atoms with Gasteiger partial charge < -0.3 is 9.47 Å². The first-order valence-electron chi connectivity index (χ1n) is 3.48. The van der Waals surface area contributed by atoms with E-state index in [-0.39, 0.29) is 11.4 Å². The SMILES string of the molecule is COC(=O)c1ccc(OC)nc1F. The molecule has 0 bridgehead atoms. The van der Waals surface area contributed by atoms with Crippen LogP contribution < -0.4 is 4.74 Å². The summed E-state index contributed by atoms with van der Waals surface area (Å²) in [5, 5.41) is 0. The van der Waals surface area contributed by atoms with Gasteiger partial charge in [-0.2, -0.15) is 9.37 Å². The normalized spacial score (nSPS) is 9.46. The summed E-state index contributed by atoms with van der Waals surface area (Å²) in [4.78, 5) is 14.3. The van der Waals surface area contributed by atoms with Gasteiger partial charge in [-0.3, -0.25) is 0 Å². The van der Waals surface area contributed by atoms with Crippen LogP contribution in [0.4, 0.5) is 4.39 Å². The Morgan fingerprint density at radius 3 is 2.62 bits per heavy atom. The topological polar surface area (TPSA) is 48.4 Å². The second-order valence-corrected chi connectivity index (χ2v) is 2.18. The van der Waals surface area contributed by atoms with E-state index < -0.39 is 11.9 Å². The maximum absolute atomic E-state index is 13.0. The van der Waals surface area contributed by atoms with E-state index in [1.165, 1.54) is 26.4 Å². The Morgan fingerprint density at radius 1 is 1.46 bits per heavy atom. The van der Waals surface area contributed by atoms with Crippen molar-refractivity contribution >= 4 is 5.97 Å². The minimum absolute atomic E-state index is 0.116. The smallest absolute Gasteiger partial charge is 0.342 e. The summed E-state index contributed by atoms with van der Waals surface area (Å²) in [5.41, 5.74) is -0.205. The molecule has 0 aliphatic rings. The number of nitrogens with zero attached hydrogens (tertiary/aromatic N) is 1.